The quantitative estimate of drug-likeness (QED) is 0.456. The van der Waals surface area contributed by atoms with E-state index in [4.69, 9.17) is 9.72 Å². The lowest BCUT2D eigenvalue weighted by Gasteiger charge is -2.24. The molecule has 1 N–H and O–H groups in total. The van der Waals surface area contributed by atoms with E-state index in [1.54, 1.807) is 7.11 Å². The van der Waals surface area contributed by atoms with Crippen LogP contribution in [0.2, 0.25) is 0 Å². The Morgan fingerprint density at radius 2 is 1.94 bits per heavy atom. The van der Waals surface area contributed by atoms with Crippen molar-refractivity contribution in [3.8, 4) is 17.0 Å². The van der Waals surface area contributed by atoms with Crippen molar-refractivity contribution in [2.75, 3.05) is 19.0 Å². The predicted octanol–water partition coefficient (Wildman–Crippen LogP) is 5.69. The van der Waals surface area contributed by atoms with Crippen molar-refractivity contribution in [3.05, 3.63) is 84.3 Å². The summed E-state index contributed by atoms with van der Waals surface area (Å²) >= 11 is 0. The van der Waals surface area contributed by atoms with Gasteiger partial charge < -0.3 is 19.4 Å². The Kier molecular flexibility index (Phi) is 5.27. The number of anilines is 1. The number of benzene rings is 2. The van der Waals surface area contributed by atoms with Gasteiger partial charge >= 0.3 is 6.03 Å². The molecule has 2 aromatic heterocycles. The van der Waals surface area contributed by atoms with E-state index in [1.807, 2.05) is 78.7 Å². The van der Waals surface area contributed by atoms with Crippen molar-refractivity contribution in [2.45, 2.75) is 25.8 Å². The van der Waals surface area contributed by atoms with Crippen molar-refractivity contribution < 1.29 is 9.53 Å². The number of aryl methyl sites for hydroxylation is 1. The van der Waals surface area contributed by atoms with Crippen molar-refractivity contribution in [1.82, 2.24) is 14.3 Å². The first-order valence-corrected chi connectivity index (χ1v) is 10.9. The third kappa shape index (κ3) is 3.58. The van der Waals surface area contributed by atoms with Crippen LogP contribution in [0.1, 0.15) is 30.3 Å². The average Bonchev–Trinajstić information content (AvgIpc) is 3.45. The van der Waals surface area contributed by atoms with Crippen LogP contribution in [0.5, 0.6) is 5.75 Å². The summed E-state index contributed by atoms with van der Waals surface area (Å²) in [5, 5.41) is 3.09. The number of likely N-dealkylation sites (tertiary alicyclic amines) is 1. The van der Waals surface area contributed by atoms with Gasteiger partial charge in [-0.1, -0.05) is 36.4 Å². The Morgan fingerprint density at radius 1 is 1.09 bits per heavy atom. The molecular formula is C26H26N4O2. The molecule has 0 aliphatic carbocycles. The van der Waals surface area contributed by atoms with Gasteiger partial charge in [-0.25, -0.2) is 9.78 Å². The Morgan fingerprint density at radius 3 is 2.78 bits per heavy atom. The molecule has 0 saturated carbocycles. The highest BCUT2D eigenvalue weighted by atomic mass is 16.5. The maximum absolute atomic E-state index is 13.2. The number of imidazole rings is 1. The zero-order valence-corrected chi connectivity index (χ0v) is 18.3. The van der Waals surface area contributed by atoms with Gasteiger partial charge in [-0.15, -0.1) is 0 Å². The first-order valence-electron chi connectivity index (χ1n) is 10.9. The Labute approximate surface area is 187 Å². The van der Waals surface area contributed by atoms with Crippen LogP contribution in [0.4, 0.5) is 10.5 Å². The van der Waals surface area contributed by atoms with E-state index in [0.717, 1.165) is 52.4 Å². The van der Waals surface area contributed by atoms with Crippen LogP contribution in [-0.2, 0) is 0 Å². The fourth-order valence-electron chi connectivity index (χ4n) is 4.46. The number of nitrogens with one attached hydrogen (secondary N) is 1. The Balaban J connectivity index is 1.52. The van der Waals surface area contributed by atoms with E-state index in [9.17, 15) is 4.79 Å². The molecule has 0 bridgehead atoms. The molecule has 6 nitrogen and oxygen atoms in total. The molecule has 1 fully saturated rings. The lowest BCUT2D eigenvalue weighted by Crippen LogP contribution is -2.35. The number of urea groups is 1. The minimum absolute atomic E-state index is 0.0857. The minimum Gasteiger partial charge on any atom is -0.497 e. The zero-order chi connectivity index (χ0) is 22.1. The first kappa shape index (κ1) is 20.1. The van der Waals surface area contributed by atoms with Gasteiger partial charge in [-0.2, -0.15) is 0 Å². The number of para-hydroxylation sites is 1. The minimum atomic E-state index is -0.0896. The second-order valence-corrected chi connectivity index (χ2v) is 8.10. The smallest absolute Gasteiger partial charge is 0.322 e. The van der Waals surface area contributed by atoms with Crippen molar-refractivity contribution in [2.24, 2.45) is 0 Å². The van der Waals surface area contributed by atoms with Crippen LogP contribution in [0.15, 0.2) is 72.9 Å². The molecule has 6 heteroatoms. The number of nitrogens with zero attached hydrogens (tertiary/aromatic N) is 3. The van der Waals surface area contributed by atoms with Gasteiger partial charge in [0.2, 0.25) is 0 Å². The third-order valence-corrected chi connectivity index (χ3v) is 6.12. The number of amides is 2. The van der Waals surface area contributed by atoms with E-state index < -0.39 is 0 Å². The predicted molar refractivity (Wildman–Crippen MR) is 126 cm³/mol. The molecule has 1 aliphatic heterocycles. The van der Waals surface area contributed by atoms with E-state index in [-0.39, 0.29) is 12.1 Å². The molecule has 5 rings (SSSR count). The van der Waals surface area contributed by atoms with Crippen LogP contribution < -0.4 is 10.1 Å². The van der Waals surface area contributed by atoms with Gasteiger partial charge in [0.05, 0.1) is 24.4 Å². The molecule has 0 radical (unpaired) electrons. The summed E-state index contributed by atoms with van der Waals surface area (Å²) in [5.74, 6) is 1.68. The summed E-state index contributed by atoms with van der Waals surface area (Å²) in [5.41, 5.74) is 4.79. The summed E-state index contributed by atoms with van der Waals surface area (Å²) in [4.78, 5) is 20.2. The van der Waals surface area contributed by atoms with Crippen LogP contribution in [0, 0.1) is 6.92 Å². The molecule has 32 heavy (non-hydrogen) atoms. The maximum atomic E-state index is 13.2. The van der Waals surface area contributed by atoms with Gasteiger partial charge in [0.25, 0.3) is 0 Å². The fraction of sp³-hybridized carbons (Fsp3) is 0.231. The number of carbonyl (C=O) groups is 1. The molecule has 1 aliphatic rings. The number of carbonyl (C=O) groups excluding carboxylic acids is 1. The summed E-state index contributed by atoms with van der Waals surface area (Å²) < 4.78 is 7.52. The Hall–Kier alpha value is -3.80. The number of rotatable bonds is 4. The van der Waals surface area contributed by atoms with Gasteiger partial charge in [-0.3, -0.25) is 0 Å². The molecule has 4 aromatic rings. The SMILES string of the molecule is COc1cccc(-c2nc(C3CCCN3C(=O)Nc3ccccc3C)n3ccccc23)c1. The maximum Gasteiger partial charge on any atom is 0.322 e. The van der Waals surface area contributed by atoms with Crippen molar-refractivity contribution >= 4 is 17.2 Å². The molecule has 2 amide bonds. The standard InChI is InChI=1S/C26H26N4O2/c1-18-9-3-4-12-21(18)27-26(31)30-16-8-14-23(30)25-28-24(22-13-5-6-15-29(22)25)19-10-7-11-20(17-19)32-2/h3-7,9-13,15,17,23H,8,14,16H2,1-2H3,(H,27,31). The highest BCUT2D eigenvalue weighted by Gasteiger charge is 2.34. The second-order valence-electron chi connectivity index (χ2n) is 8.10. The number of hydrogen-bond donors (Lipinski definition) is 1. The van der Waals surface area contributed by atoms with E-state index in [1.165, 1.54) is 0 Å². The van der Waals surface area contributed by atoms with Crippen LogP contribution in [0.3, 0.4) is 0 Å². The normalized spacial score (nSPS) is 15.8. The molecule has 3 heterocycles. The third-order valence-electron chi connectivity index (χ3n) is 6.12. The summed E-state index contributed by atoms with van der Waals surface area (Å²) in [7, 11) is 1.67. The molecule has 2 aromatic carbocycles. The highest BCUT2D eigenvalue weighted by Crippen LogP contribution is 2.36. The highest BCUT2D eigenvalue weighted by molar-refractivity contribution is 5.90. The van der Waals surface area contributed by atoms with Crippen molar-refractivity contribution in [1.29, 1.82) is 0 Å². The summed E-state index contributed by atoms with van der Waals surface area (Å²) in [6, 6.07) is 21.7. The van der Waals surface area contributed by atoms with Gasteiger partial charge in [0.1, 0.15) is 11.6 Å². The van der Waals surface area contributed by atoms with E-state index in [2.05, 4.69) is 15.8 Å². The van der Waals surface area contributed by atoms with Gasteiger partial charge in [0, 0.05) is 24.0 Å². The Bertz CT molecular complexity index is 1280. The second kappa shape index (κ2) is 8.38. The monoisotopic (exact) mass is 426 g/mol. The molecule has 1 atom stereocenters. The largest absolute Gasteiger partial charge is 0.497 e. The summed E-state index contributed by atoms with van der Waals surface area (Å²) in [6.07, 6.45) is 3.85. The lowest BCUT2D eigenvalue weighted by molar-refractivity contribution is 0.205. The van der Waals surface area contributed by atoms with Crippen LogP contribution >= 0.6 is 0 Å². The molecule has 1 unspecified atom stereocenters. The average molecular weight is 427 g/mol. The van der Waals surface area contributed by atoms with E-state index >= 15 is 0 Å². The van der Waals surface area contributed by atoms with Crippen LogP contribution in [-0.4, -0.2) is 34.0 Å². The molecule has 1 saturated heterocycles. The molecular weight excluding hydrogens is 400 g/mol. The summed E-state index contributed by atoms with van der Waals surface area (Å²) in [6.45, 7) is 2.71. The first-order chi connectivity index (χ1) is 15.7. The number of pyridine rings is 1. The fourth-order valence-corrected chi connectivity index (χ4v) is 4.46. The van der Waals surface area contributed by atoms with Gasteiger partial charge in [-0.05, 0) is 55.7 Å². The number of aromatic nitrogens is 2. The topological polar surface area (TPSA) is 58.9 Å². The van der Waals surface area contributed by atoms with Gasteiger partial charge in [0.15, 0.2) is 0 Å². The van der Waals surface area contributed by atoms with Crippen LogP contribution in [0.25, 0.3) is 16.8 Å². The number of methoxy groups -OCH3 is 1. The number of ether oxygens (including phenoxy) is 1. The van der Waals surface area contributed by atoms with Crippen molar-refractivity contribution in [3.63, 3.8) is 0 Å². The lowest BCUT2D eigenvalue weighted by atomic mass is 10.1. The number of fused-ring (bicyclic) bond motifs is 1. The number of hydrogen-bond acceptors (Lipinski definition) is 3. The van der Waals surface area contributed by atoms with E-state index in [0.29, 0.717) is 6.54 Å². The molecule has 0 spiro atoms. The zero-order valence-electron chi connectivity index (χ0n) is 18.3. The molecule has 162 valence electrons.